The fourth-order valence-corrected chi connectivity index (χ4v) is 2.25. The van der Waals surface area contributed by atoms with E-state index < -0.39 is 5.97 Å². The zero-order chi connectivity index (χ0) is 14.3. The number of halogens is 2. The maximum absolute atomic E-state index is 10.4. The number of hydrogen-bond acceptors (Lipinski definition) is 2. The van der Waals surface area contributed by atoms with E-state index in [1.54, 1.807) is 6.07 Å². The molecule has 1 N–H and O–H groups in total. The van der Waals surface area contributed by atoms with E-state index >= 15 is 0 Å². The van der Waals surface area contributed by atoms with Gasteiger partial charge < -0.3 is 9.84 Å². The molecule has 0 fully saturated rings. The van der Waals surface area contributed by atoms with Crippen molar-refractivity contribution in [2.24, 2.45) is 0 Å². The van der Waals surface area contributed by atoms with Crippen LogP contribution >= 0.6 is 23.2 Å². The van der Waals surface area contributed by atoms with Crippen LogP contribution in [0.15, 0.2) is 12.1 Å². The van der Waals surface area contributed by atoms with E-state index in [1.807, 2.05) is 6.07 Å². The molecule has 3 nitrogen and oxygen atoms in total. The summed E-state index contributed by atoms with van der Waals surface area (Å²) in [5, 5.41) is 9.67. The lowest BCUT2D eigenvalue weighted by Gasteiger charge is -2.12. The van der Waals surface area contributed by atoms with Crippen LogP contribution in [-0.4, -0.2) is 17.7 Å². The van der Waals surface area contributed by atoms with Gasteiger partial charge in [-0.15, -0.1) is 0 Å². The van der Waals surface area contributed by atoms with Crippen molar-refractivity contribution in [3.05, 3.63) is 33.3 Å². The summed E-state index contributed by atoms with van der Waals surface area (Å²) in [5.41, 5.74) is 2.04. The van der Waals surface area contributed by atoms with Crippen molar-refractivity contribution in [2.45, 2.75) is 39.2 Å². The molecule has 0 spiro atoms. The Morgan fingerprint density at radius 2 is 2.11 bits per heavy atom. The summed E-state index contributed by atoms with van der Waals surface area (Å²) in [4.78, 5) is 10.4. The van der Waals surface area contributed by atoms with Crippen LogP contribution in [-0.2, 0) is 22.6 Å². The van der Waals surface area contributed by atoms with E-state index in [1.165, 1.54) is 0 Å². The number of carbonyl (C=O) groups is 1. The summed E-state index contributed by atoms with van der Waals surface area (Å²) in [6, 6.07) is 3.68. The molecule has 106 valence electrons. The minimum Gasteiger partial charge on any atom is -0.481 e. The Morgan fingerprint density at radius 3 is 2.74 bits per heavy atom. The van der Waals surface area contributed by atoms with Gasteiger partial charge in [-0.05, 0) is 30.0 Å². The smallest absolute Gasteiger partial charge is 0.303 e. The van der Waals surface area contributed by atoms with Crippen LogP contribution in [0.25, 0.3) is 0 Å². The summed E-state index contributed by atoms with van der Waals surface area (Å²) in [5.74, 6) is -0.801. The van der Waals surface area contributed by atoms with E-state index in [0.717, 1.165) is 24.0 Å². The van der Waals surface area contributed by atoms with E-state index in [-0.39, 0.29) is 6.42 Å². The van der Waals surface area contributed by atoms with Crippen molar-refractivity contribution in [2.75, 3.05) is 6.61 Å². The number of benzene rings is 1. The summed E-state index contributed by atoms with van der Waals surface area (Å²) in [7, 11) is 0. The lowest BCUT2D eigenvalue weighted by Crippen LogP contribution is -2.03. The second-order valence-corrected chi connectivity index (χ2v) is 5.08. The molecule has 0 aromatic heterocycles. The van der Waals surface area contributed by atoms with Crippen molar-refractivity contribution >= 4 is 29.2 Å². The van der Waals surface area contributed by atoms with Crippen LogP contribution in [0, 0.1) is 0 Å². The summed E-state index contributed by atoms with van der Waals surface area (Å²) < 4.78 is 5.49. The average Bonchev–Trinajstić information content (AvgIpc) is 2.36. The van der Waals surface area contributed by atoms with Crippen molar-refractivity contribution in [1.82, 2.24) is 0 Å². The first-order valence-corrected chi connectivity index (χ1v) is 7.07. The number of carboxylic acids is 1. The first kappa shape index (κ1) is 16.3. The van der Waals surface area contributed by atoms with Gasteiger partial charge in [0.05, 0.1) is 16.7 Å². The van der Waals surface area contributed by atoms with Gasteiger partial charge in [0.1, 0.15) is 0 Å². The molecule has 1 aromatic carbocycles. The quantitative estimate of drug-likeness (QED) is 0.727. The number of hydrogen-bond donors (Lipinski definition) is 1. The Labute approximate surface area is 123 Å². The topological polar surface area (TPSA) is 46.5 Å². The molecule has 0 heterocycles. The maximum Gasteiger partial charge on any atom is 0.303 e. The first-order valence-electron chi connectivity index (χ1n) is 6.31. The van der Waals surface area contributed by atoms with Gasteiger partial charge in [0.25, 0.3) is 0 Å². The number of aliphatic carboxylic acids is 1. The van der Waals surface area contributed by atoms with Crippen LogP contribution in [0.4, 0.5) is 0 Å². The van der Waals surface area contributed by atoms with E-state index in [0.29, 0.717) is 29.7 Å². The molecule has 0 bridgehead atoms. The summed E-state index contributed by atoms with van der Waals surface area (Å²) in [6.45, 7) is 2.94. The molecular formula is C14H18Cl2O3. The van der Waals surface area contributed by atoms with Gasteiger partial charge in [0.15, 0.2) is 0 Å². The highest BCUT2D eigenvalue weighted by Crippen LogP contribution is 2.30. The highest BCUT2D eigenvalue weighted by Gasteiger charge is 2.10. The van der Waals surface area contributed by atoms with Crippen LogP contribution in [0.1, 0.15) is 37.3 Å². The molecule has 0 atom stereocenters. The molecule has 0 aliphatic heterocycles. The van der Waals surface area contributed by atoms with E-state index in [9.17, 15) is 4.79 Å². The third-order valence-electron chi connectivity index (χ3n) is 2.73. The van der Waals surface area contributed by atoms with E-state index in [4.69, 9.17) is 33.0 Å². The minimum absolute atomic E-state index is 0.128. The SMILES string of the molecule is CCCc1c(COCCCC(=O)O)ccc(Cl)c1Cl. The van der Waals surface area contributed by atoms with Crippen molar-refractivity contribution in [3.8, 4) is 0 Å². The molecule has 0 saturated heterocycles. The van der Waals surface area contributed by atoms with Crippen LogP contribution in [0.3, 0.4) is 0 Å². The largest absolute Gasteiger partial charge is 0.481 e. The normalized spacial score (nSPS) is 10.7. The molecule has 0 radical (unpaired) electrons. The van der Waals surface area contributed by atoms with Gasteiger partial charge in [-0.3, -0.25) is 4.79 Å². The van der Waals surface area contributed by atoms with Gasteiger partial charge in [-0.25, -0.2) is 0 Å². The second kappa shape index (κ2) is 8.41. The molecule has 0 aliphatic rings. The van der Waals surface area contributed by atoms with Crippen LogP contribution in [0.5, 0.6) is 0 Å². The number of rotatable bonds is 8. The van der Waals surface area contributed by atoms with Crippen molar-refractivity contribution < 1.29 is 14.6 Å². The van der Waals surface area contributed by atoms with Gasteiger partial charge in [0.2, 0.25) is 0 Å². The fourth-order valence-electron chi connectivity index (χ4n) is 1.80. The van der Waals surface area contributed by atoms with E-state index in [2.05, 4.69) is 6.92 Å². The molecule has 1 aromatic rings. The zero-order valence-corrected chi connectivity index (χ0v) is 12.4. The Bertz CT molecular complexity index is 433. The maximum atomic E-state index is 10.4. The molecule has 1 rings (SSSR count). The Balaban J connectivity index is 2.57. The standard InChI is InChI=1S/C14H18Cl2O3/c1-2-4-11-10(6-7-12(15)14(11)16)9-19-8-3-5-13(17)18/h6-7H,2-5,8-9H2,1H3,(H,17,18). The number of carboxylic acid groups (broad SMARTS) is 1. The molecule has 0 unspecified atom stereocenters. The fraction of sp³-hybridized carbons (Fsp3) is 0.500. The van der Waals surface area contributed by atoms with Gasteiger partial charge in [0, 0.05) is 13.0 Å². The first-order chi connectivity index (χ1) is 9.06. The van der Waals surface area contributed by atoms with Gasteiger partial charge in [-0.2, -0.15) is 0 Å². The van der Waals surface area contributed by atoms with Crippen LogP contribution < -0.4 is 0 Å². The minimum atomic E-state index is -0.801. The Morgan fingerprint density at radius 1 is 1.37 bits per heavy atom. The Hall–Kier alpha value is -0.770. The van der Waals surface area contributed by atoms with Crippen molar-refractivity contribution in [3.63, 3.8) is 0 Å². The predicted octanol–water partition coefficient (Wildman–Crippen LogP) is 4.33. The molecule has 0 amide bonds. The lowest BCUT2D eigenvalue weighted by molar-refractivity contribution is -0.137. The third-order valence-corrected chi connectivity index (χ3v) is 3.57. The summed E-state index contributed by atoms with van der Waals surface area (Å²) >= 11 is 12.2. The second-order valence-electron chi connectivity index (χ2n) is 4.30. The molecular weight excluding hydrogens is 287 g/mol. The Kier molecular flexibility index (Phi) is 7.21. The van der Waals surface area contributed by atoms with Crippen molar-refractivity contribution in [1.29, 1.82) is 0 Å². The molecule has 19 heavy (non-hydrogen) atoms. The zero-order valence-electron chi connectivity index (χ0n) is 10.9. The molecule has 5 heteroatoms. The predicted molar refractivity (Wildman–Crippen MR) is 77.0 cm³/mol. The lowest BCUT2D eigenvalue weighted by atomic mass is 10.0. The van der Waals surface area contributed by atoms with Gasteiger partial charge >= 0.3 is 5.97 Å². The van der Waals surface area contributed by atoms with Crippen LogP contribution in [0.2, 0.25) is 10.0 Å². The van der Waals surface area contributed by atoms with Gasteiger partial charge in [-0.1, -0.05) is 42.6 Å². The average molecular weight is 305 g/mol. The highest BCUT2D eigenvalue weighted by molar-refractivity contribution is 6.42. The monoisotopic (exact) mass is 304 g/mol. The molecule has 0 saturated carbocycles. The summed E-state index contributed by atoms with van der Waals surface area (Å²) in [6.07, 6.45) is 2.47. The molecule has 0 aliphatic carbocycles. The highest BCUT2D eigenvalue weighted by atomic mass is 35.5. The number of ether oxygens (including phenoxy) is 1. The third kappa shape index (κ3) is 5.39.